The lowest BCUT2D eigenvalue weighted by Crippen LogP contribution is -2.34. The summed E-state index contributed by atoms with van der Waals surface area (Å²) in [6.45, 7) is 0.103. The molecule has 0 spiro atoms. The zero-order valence-electron chi connectivity index (χ0n) is 13.3. The molecule has 3 rings (SSSR count). The van der Waals surface area contributed by atoms with E-state index in [1.165, 1.54) is 41.9 Å². The number of ketones is 1. The van der Waals surface area contributed by atoms with Gasteiger partial charge in [0.25, 0.3) is 0 Å². The molecule has 0 aliphatic carbocycles. The number of nitrogens with one attached hydrogen (secondary N) is 2. The Labute approximate surface area is 151 Å². The Kier molecular flexibility index (Phi) is 5.23. The van der Waals surface area contributed by atoms with Crippen LogP contribution < -0.4 is 10.6 Å². The van der Waals surface area contributed by atoms with Gasteiger partial charge in [-0.1, -0.05) is 0 Å². The van der Waals surface area contributed by atoms with Gasteiger partial charge >= 0.3 is 11.8 Å². The Morgan fingerprint density at radius 2 is 1.77 bits per heavy atom. The monoisotopic (exact) mass is 372 g/mol. The van der Waals surface area contributed by atoms with Crippen LogP contribution in [0.4, 0.5) is 10.1 Å². The zero-order valence-corrected chi connectivity index (χ0v) is 14.1. The summed E-state index contributed by atoms with van der Waals surface area (Å²) in [7, 11) is 0. The van der Waals surface area contributed by atoms with E-state index < -0.39 is 17.6 Å². The van der Waals surface area contributed by atoms with Crippen molar-refractivity contribution in [3.63, 3.8) is 0 Å². The average Bonchev–Trinajstić information content (AvgIpc) is 3.33. The van der Waals surface area contributed by atoms with Crippen molar-refractivity contribution in [3.05, 3.63) is 76.1 Å². The zero-order chi connectivity index (χ0) is 18.5. The number of carbonyl (C=O) groups is 3. The highest BCUT2D eigenvalue weighted by Gasteiger charge is 2.16. The standard InChI is InChI=1S/C18H13FN2O4S/c19-11-3-5-12(6-4-11)21-18(24)17(23)20-10-13-7-8-15(26-13)16(22)14-2-1-9-25-14/h1-9H,10H2,(H,20,23)(H,21,24). The molecule has 132 valence electrons. The van der Waals surface area contributed by atoms with Gasteiger partial charge in [-0.15, -0.1) is 11.3 Å². The number of anilines is 1. The predicted molar refractivity (Wildman–Crippen MR) is 93.3 cm³/mol. The Hall–Kier alpha value is -3.26. The molecule has 0 saturated heterocycles. The van der Waals surface area contributed by atoms with Crippen LogP contribution in [0.3, 0.4) is 0 Å². The number of benzene rings is 1. The molecule has 2 N–H and O–H groups in total. The van der Waals surface area contributed by atoms with Gasteiger partial charge in [0.05, 0.1) is 17.7 Å². The molecule has 0 atom stereocenters. The maximum absolute atomic E-state index is 12.8. The molecule has 6 nitrogen and oxygen atoms in total. The highest BCUT2D eigenvalue weighted by atomic mass is 32.1. The second-order valence-electron chi connectivity index (χ2n) is 5.22. The molecule has 0 aliphatic heterocycles. The smallest absolute Gasteiger partial charge is 0.313 e. The van der Waals surface area contributed by atoms with Gasteiger partial charge in [0, 0.05) is 10.6 Å². The van der Waals surface area contributed by atoms with Crippen molar-refractivity contribution >= 4 is 34.6 Å². The third-order valence-corrected chi connectivity index (χ3v) is 4.45. The molecule has 0 fully saturated rings. The third kappa shape index (κ3) is 4.22. The first-order chi connectivity index (χ1) is 12.5. The number of carbonyl (C=O) groups excluding carboxylic acids is 3. The molecular formula is C18H13FN2O4S. The number of hydrogen-bond donors (Lipinski definition) is 2. The molecule has 0 aliphatic rings. The molecule has 3 aromatic rings. The molecule has 0 bridgehead atoms. The Balaban J connectivity index is 1.53. The van der Waals surface area contributed by atoms with Crippen LogP contribution in [0.15, 0.2) is 59.2 Å². The average molecular weight is 372 g/mol. The van der Waals surface area contributed by atoms with Crippen molar-refractivity contribution in [3.8, 4) is 0 Å². The van der Waals surface area contributed by atoms with Crippen LogP contribution in [-0.2, 0) is 16.1 Å². The van der Waals surface area contributed by atoms with Crippen molar-refractivity contribution in [1.29, 1.82) is 0 Å². The van der Waals surface area contributed by atoms with Crippen LogP contribution in [0.25, 0.3) is 0 Å². The van der Waals surface area contributed by atoms with Gasteiger partial charge < -0.3 is 15.1 Å². The van der Waals surface area contributed by atoms with Crippen LogP contribution >= 0.6 is 11.3 Å². The van der Waals surface area contributed by atoms with Crippen LogP contribution in [-0.4, -0.2) is 17.6 Å². The summed E-state index contributed by atoms with van der Waals surface area (Å²) >= 11 is 1.20. The van der Waals surface area contributed by atoms with E-state index in [-0.39, 0.29) is 18.1 Å². The molecule has 2 heterocycles. The quantitative estimate of drug-likeness (QED) is 0.532. The van der Waals surface area contributed by atoms with Crippen LogP contribution in [0, 0.1) is 5.82 Å². The Morgan fingerprint density at radius 3 is 2.46 bits per heavy atom. The minimum atomic E-state index is -0.861. The molecule has 2 aromatic heterocycles. The molecule has 0 saturated carbocycles. The number of thiophene rings is 1. The maximum Gasteiger partial charge on any atom is 0.313 e. The van der Waals surface area contributed by atoms with Crippen molar-refractivity contribution in [2.75, 3.05) is 5.32 Å². The van der Waals surface area contributed by atoms with Crippen molar-refractivity contribution in [2.45, 2.75) is 6.54 Å². The van der Waals surface area contributed by atoms with E-state index in [9.17, 15) is 18.8 Å². The van der Waals surface area contributed by atoms with Gasteiger partial charge in [0.15, 0.2) is 5.76 Å². The van der Waals surface area contributed by atoms with Gasteiger partial charge in [0.1, 0.15) is 5.82 Å². The summed E-state index contributed by atoms with van der Waals surface area (Å²) in [6, 6.07) is 11.6. The van der Waals surface area contributed by atoms with Gasteiger partial charge in [-0.25, -0.2) is 4.39 Å². The third-order valence-electron chi connectivity index (χ3n) is 3.36. The van der Waals surface area contributed by atoms with Crippen LogP contribution in [0.5, 0.6) is 0 Å². The number of hydrogen-bond acceptors (Lipinski definition) is 5. The summed E-state index contributed by atoms with van der Waals surface area (Å²) in [5.41, 5.74) is 0.314. The van der Waals surface area contributed by atoms with Gasteiger partial charge in [0.2, 0.25) is 5.78 Å². The van der Waals surface area contributed by atoms with Crippen molar-refractivity contribution < 1.29 is 23.2 Å². The molecule has 8 heteroatoms. The molecule has 26 heavy (non-hydrogen) atoms. The van der Waals surface area contributed by atoms with Crippen molar-refractivity contribution in [1.82, 2.24) is 5.32 Å². The van der Waals surface area contributed by atoms with Crippen LogP contribution in [0.1, 0.15) is 20.3 Å². The first-order valence-corrected chi connectivity index (χ1v) is 8.36. The topological polar surface area (TPSA) is 88.4 Å². The lowest BCUT2D eigenvalue weighted by Gasteiger charge is -2.05. The van der Waals surface area contributed by atoms with E-state index in [1.54, 1.807) is 24.3 Å². The lowest BCUT2D eigenvalue weighted by molar-refractivity contribution is -0.136. The van der Waals surface area contributed by atoms with E-state index in [2.05, 4.69) is 10.6 Å². The molecule has 0 radical (unpaired) electrons. The second kappa shape index (κ2) is 7.75. The van der Waals surface area contributed by atoms with E-state index in [4.69, 9.17) is 4.42 Å². The summed E-state index contributed by atoms with van der Waals surface area (Å²) in [4.78, 5) is 37.0. The molecular weight excluding hydrogens is 359 g/mol. The maximum atomic E-state index is 12.8. The Morgan fingerprint density at radius 1 is 1.00 bits per heavy atom. The number of rotatable bonds is 5. The lowest BCUT2D eigenvalue weighted by atomic mass is 10.2. The van der Waals surface area contributed by atoms with Gasteiger partial charge in [-0.3, -0.25) is 14.4 Å². The largest absolute Gasteiger partial charge is 0.461 e. The van der Waals surface area contributed by atoms with E-state index in [1.807, 2.05) is 0 Å². The number of amides is 2. The van der Waals surface area contributed by atoms with Crippen LogP contribution in [0.2, 0.25) is 0 Å². The normalized spacial score (nSPS) is 10.3. The fourth-order valence-electron chi connectivity index (χ4n) is 2.09. The van der Waals surface area contributed by atoms with E-state index >= 15 is 0 Å². The van der Waals surface area contributed by atoms with E-state index in [0.717, 1.165) is 0 Å². The fraction of sp³-hybridized carbons (Fsp3) is 0.0556. The summed E-state index contributed by atoms with van der Waals surface area (Å²) < 4.78 is 17.9. The minimum Gasteiger partial charge on any atom is -0.461 e. The Bertz CT molecular complexity index is 933. The molecule has 2 amide bonds. The predicted octanol–water partition coefficient (Wildman–Crippen LogP) is 2.97. The summed E-state index contributed by atoms with van der Waals surface area (Å²) in [5.74, 6) is -2.14. The first kappa shape index (κ1) is 17.6. The fourth-order valence-corrected chi connectivity index (χ4v) is 2.99. The number of furan rings is 1. The SMILES string of the molecule is O=C(NCc1ccc(C(=O)c2ccco2)s1)C(=O)Nc1ccc(F)cc1. The second-order valence-corrected chi connectivity index (χ2v) is 6.38. The molecule has 0 unspecified atom stereocenters. The summed E-state index contributed by atoms with van der Waals surface area (Å²) in [6.07, 6.45) is 1.42. The minimum absolute atomic E-state index is 0.103. The van der Waals surface area contributed by atoms with E-state index in [0.29, 0.717) is 15.4 Å². The summed E-state index contributed by atoms with van der Waals surface area (Å²) in [5, 5.41) is 4.83. The van der Waals surface area contributed by atoms with Gasteiger partial charge in [-0.05, 0) is 48.5 Å². The highest BCUT2D eigenvalue weighted by Crippen LogP contribution is 2.20. The van der Waals surface area contributed by atoms with Gasteiger partial charge in [-0.2, -0.15) is 0 Å². The highest BCUT2D eigenvalue weighted by molar-refractivity contribution is 7.14. The first-order valence-electron chi connectivity index (χ1n) is 7.54. The van der Waals surface area contributed by atoms with Crippen molar-refractivity contribution in [2.24, 2.45) is 0 Å². The molecule has 1 aromatic carbocycles. The number of halogens is 1.